The van der Waals surface area contributed by atoms with Gasteiger partial charge in [0.15, 0.2) is 0 Å². The molecule has 1 N–H and O–H groups in total. The van der Waals surface area contributed by atoms with Gasteiger partial charge in [-0.15, -0.1) is 11.3 Å². The zero-order valence-electron chi connectivity index (χ0n) is 12.3. The van der Waals surface area contributed by atoms with Crippen molar-refractivity contribution in [3.8, 4) is 0 Å². The summed E-state index contributed by atoms with van der Waals surface area (Å²) in [5.41, 5.74) is 3.46. The predicted molar refractivity (Wildman–Crippen MR) is 94.2 cm³/mol. The van der Waals surface area contributed by atoms with Gasteiger partial charge in [0.05, 0.1) is 16.8 Å². The van der Waals surface area contributed by atoms with Gasteiger partial charge in [0, 0.05) is 14.8 Å². The standard InChI is InChI=1S/C17H19Cl2NS/c1-10-7-14(19)15(9-13(10)18)20-11(2)17-8-12-5-3-4-6-16(12)21-17/h7-9,11,20H,3-6H2,1-2H3. The van der Waals surface area contributed by atoms with Crippen LogP contribution in [0.5, 0.6) is 0 Å². The van der Waals surface area contributed by atoms with Crippen molar-refractivity contribution in [1.29, 1.82) is 0 Å². The Balaban J connectivity index is 1.81. The number of rotatable bonds is 3. The fourth-order valence-electron chi connectivity index (χ4n) is 2.79. The van der Waals surface area contributed by atoms with E-state index in [1.54, 1.807) is 10.4 Å². The average Bonchev–Trinajstić information content (AvgIpc) is 2.88. The molecule has 1 heterocycles. The van der Waals surface area contributed by atoms with Gasteiger partial charge >= 0.3 is 0 Å². The second-order valence-corrected chi connectivity index (χ2v) is 7.73. The summed E-state index contributed by atoms with van der Waals surface area (Å²) < 4.78 is 0. The molecule has 0 saturated heterocycles. The highest BCUT2D eigenvalue weighted by Crippen LogP contribution is 2.36. The summed E-state index contributed by atoms with van der Waals surface area (Å²) in [7, 11) is 0. The minimum absolute atomic E-state index is 0.247. The van der Waals surface area contributed by atoms with Crippen molar-refractivity contribution >= 4 is 40.2 Å². The molecular weight excluding hydrogens is 321 g/mol. The second kappa shape index (κ2) is 6.20. The Morgan fingerprint density at radius 3 is 2.62 bits per heavy atom. The van der Waals surface area contributed by atoms with E-state index in [2.05, 4.69) is 18.3 Å². The van der Waals surface area contributed by atoms with Gasteiger partial charge in [-0.2, -0.15) is 0 Å². The Morgan fingerprint density at radius 2 is 1.86 bits per heavy atom. The molecule has 3 rings (SSSR count). The van der Waals surface area contributed by atoms with Crippen LogP contribution in [0.3, 0.4) is 0 Å². The lowest BCUT2D eigenvalue weighted by atomic mass is 9.99. The molecule has 1 aliphatic carbocycles. The van der Waals surface area contributed by atoms with E-state index in [1.165, 1.54) is 30.6 Å². The zero-order valence-corrected chi connectivity index (χ0v) is 14.6. The molecule has 1 aliphatic rings. The van der Waals surface area contributed by atoms with Crippen LogP contribution in [0.2, 0.25) is 10.0 Å². The first kappa shape index (κ1) is 15.2. The number of hydrogen-bond acceptors (Lipinski definition) is 2. The topological polar surface area (TPSA) is 12.0 Å². The van der Waals surface area contributed by atoms with Crippen LogP contribution in [0.15, 0.2) is 18.2 Å². The van der Waals surface area contributed by atoms with Gasteiger partial charge < -0.3 is 5.32 Å². The summed E-state index contributed by atoms with van der Waals surface area (Å²) in [4.78, 5) is 2.95. The van der Waals surface area contributed by atoms with Gasteiger partial charge in [0.2, 0.25) is 0 Å². The molecule has 21 heavy (non-hydrogen) atoms. The summed E-state index contributed by atoms with van der Waals surface area (Å²) >= 11 is 14.5. The molecule has 1 atom stereocenters. The molecule has 0 bridgehead atoms. The zero-order chi connectivity index (χ0) is 15.0. The largest absolute Gasteiger partial charge is 0.376 e. The normalized spacial score (nSPS) is 15.6. The summed E-state index contributed by atoms with van der Waals surface area (Å²) in [6, 6.07) is 6.44. The van der Waals surface area contributed by atoms with Crippen LogP contribution >= 0.6 is 34.5 Å². The maximum atomic E-state index is 6.32. The van der Waals surface area contributed by atoms with E-state index in [9.17, 15) is 0 Å². The van der Waals surface area contributed by atoms with Crippen molar-refractivity contribution in [2.75, 3.05) is 5.32 Å². The van der Waals surface area contributed by atoms with Gasteiger partial charge in [-0.1, -0.05) is 23.2 Å². The molecule has 0 saturated carbocycles. The third kappa shape index (κ3) is 3.23. The molecular formula is C17H19Cl2NS. The predicted octanol–water partition coefficient (Wildman–Crippen LogP) is 6.42. The van der Waals surface area contributed by atoms with Gasteiger partial charge in [-0.05, 0) is 68.9 Å². The van der Waals surface area contributed by atoms with E-state index in [0.29, 0.717) is 0 Å². The minimum atomic E-state index is 0.247. The molecule has 1 unspecified atom stereocenters. The molecule has 0 radical (unpaired) electrons. The summed E-state index contributed by atoms with van der Waals surface area (Å²) in [5.74, 6) is 0. The Labute approximate surface area is 140 Å². The van der Waals surface area contributed by atoms with Crippen molar-refractivity contribution in [1.82, 2.24) is 0 Å². The fraction of sp³-hybridized carbons (Fsp3) is 0.412. The van der Waals surface area contributed by atoms with Gasteiger partial charge in [0.25, 0.3) is 0 Å². The Morgan fingerprint density at radius 1 is 1.10 bits per heavy atom. The van der Waals surface area contributed by atoms with Gasteiger partial charge in [0.1, 0.15) is 0 Å². The number of halogens is 2. The van der Waals surface area contributed by atoms with Crippen molar-refractivity contribution in [2.45, 2.75) is 45.6 Å². The van der Waals surface area contributed by atoms with Gasteiger partial charge in [-0.3, -0.25) is 0 Å². The number of anilines is 1. The van der Waals surface area contributed by atoms with Crippen molar-refractivity contribution in [2.24, 2.45) is 0 Å². The smallest absolute Gasteiger partial charge is 0.0641 e. The highest BCUT2D eigenvalue weighted by Gasteiger charge is 2.17. The molecule has 0 fully saturated rings. The van der Waals surface area contributed by atoms with E-state index in [0.717, 1.165) is 21.3 Å². The number of hydrogen-bond donors (Lipinski definition) is 1. The molecule has 112 valence electrons. The molecule has 0 aliphatic heterocycles. The number of fused-ring (bicyclic) bond motifs is 1. The van der Waals surface area contributed by atoms with Crippen LogP contribution in [0.4, 0.5) is 5.69 Å². The summed E-state index contributed by atoms with van der Waals surface area (Å²) in [6.07, 6.45) is 5.12. The average molecular weight is 340 g/mol. The summed E-state index contributed by atoms with van der Waals surface area (Å²) in [6.45, 7) is 4.15. The Hall–Kier alpha value is -0.700. The minimum Gasteiger partial charge on any atom is -0.376 e. The fourth-order valence-corrected chi connectivity index (χ4v) is 4.48. The van der Waals surface area contributed by atoms with Crippen molar-refractivity contribution in [3.05, 3.63) is 49.1 Å². The lowest BCUT2D eigenvalue weighted by molar-refractivity contribution is 0.696. The first-order chi connectivity index (χ1) is 10.0. The van der Waals surface area contributed by atoms with Crippen molar-refractivity contribution in [3.63, 3.8) is 0 Å². The Kier molecular flexibility index (Phi) is 4.49. The van der Waals surface area contributed by atoms with E-state index in [4.69, 9.17) is 23.2 Å². The molecule has 1 aromatic heterocycles. The molecule has 1 nitrogen and oxygen atoms in total. The van der Waals surface area contributed by atoms with Gasteiger partial charge in [-0.25, -0.2) is 0 Å². The van der Waals surface area contributed by atoms with E-state index < -0.39 is 0 Å². The van der Waals surface area contributed by atoms with Crippen LogP contribution in [-0.4, -0.2) is 0 Å². The third-order valence-corrected chi connectivity index (χ3v) is 6.20. The number of thiophene rings is 1. The second-order valence-electron chi connectivity index (χ2n) is 5.75. The molecule has 1 aromatic carbocycles. The van der Waals surface area contributed by atoms with Crippen LogP contribution < -0.4 is 5.32 Å². The van der Waals surface area contributed by atoms with Crippen LogP contribution in [0.1, 0.15) is 46.7 Å². The Bertz CT molecular complexity index is 640. The molecule has 2 aromatic rings. The first-order valence-electron chi connectivity index (χ1n) is 7.38. The summed E-state index contributed by atoms with van der Waals surface area (Å²) in [5, 5.41) is 4.97. The number of nitrogens with one attached hydrogen (secondary N) is 1. The maximum Gasteiger partial charge on any atom is 0.0641 e. The quantitative estimate of drug-likeness (QED) is 0.680. The highest BCUT2D eigenvalue weighted by molar-refractivity contribution is 7.12. The van der Waals surface area contributed by atoms with E-state index >= 15 is 0 Å². The van der Waals surface area contributed by atoms with E-state index in [1.807, 2.05) is 30.4 Å². The highest BCUT2D eigenvalue weighted by atomic mass is 35.5. The monoisotopic (exact) mass is 339 g/mol. The molecule has 4 heteroatoms. The molecule has 0 amide bonds. The lowest BCUT2D eigenvalue weighted by Gasteiger charge is -2.16. The van der Waals surface area contributed by atoms with E-state index in [-0.39, 0.29) is 6.04 Å². The van der Waals surface area contributed by atoms with Crippen LogP contribution in [0.25, 0.3) is 0 Å². The number of benzene rings is 1. The van der Waals surface area contributed by atoms with Crippen LogP contribution in [-0.2, 0) is 12.8 Å². The lowest BCUT2D eigenvalue weighted by Crippen LogP contribution is -2.05. The maximum absolute atomic E-state index is 6.32. The SMILES string of the molecule is Cc1cc(Cl)c(NC(C)c2cc3c(s2)CCCC3)cc1Cl. The first-order valence-corrected chi connectivity index (χ1v) is 8.95. The third-order valence-electron chi connectivity index (χ3n) is 4.06. The number of aryl methyl sites for hydroxylation is 3. The molecule has 0 spiro atoms. The van der Waals surface area contributed by atoms with Crippen molar-refractivity contribution < 1.29 is 0 Å². The van der Waals surface area contributed by atoms with Crippen LogP contribution in [0, 0.1) is 6.92 Å².